The van der Waals surface area contributed by atoms with Crippen molar-refractivity contribution < 1.29 is 54.2 Å². The molecule has 0 saturated heterocycles. The highest BCUT2D eigenvalue weighted by Crippen LogP contribution is 2.39. The lowest BCUT2D eigenvalue weighted by atomic mass is 10.2. The molecule has 292 valence electrons. The van der Waals surface area contributed by atoms with E-state index in [1.807, 2.05) is 6.92 Å². The number of hydrogen-bond donors (Lipinski definition) is 2. The van der Waals surface area contributed by atoms with E-state index >= 15 is 0 Å². The first-order chi connectivity index (χ1) is 24.6. The van der Waals surface area contributed by atoms with E-state index in [4.69, 9.17) is 73.2 Å². The average Bonchev–Trinajstić information content (AvgIpc) is 3.67. The van der Waals surface area contributed by atoms with Crippen LogP contribution in [0.1, 0.15) is 47.4 Å². The molecular formula is C28H25Cl5F8N8O4. The monoisotopic (exact) mass is 864 g/mol. The van der Waals surface area contributed by atoms with Gasteiger partial charge in [0.05, 0.1) is 57.3 Å². The lowest BCUT2D eigenvalue weighted by molar-refractivity contribution is -0.140. The van der Waals surface area contributed by atoms with E-state index in [0.29, 0.717) is 18.6 Å². The van der Waals surface area contributed by atoms with Gasteiger partial charge in [-0.3, -0.25) is 14.9 Å². The third kappa shape index (κ3) is 13.8. The number of benzene rings is 2. The Morgan fingerprint density at radius 3 is 1.60 bits per heavy atom. The van der Waals surface area contributed by atoms with Crippen molar-refractivity contribution in [3.63, 3.8) is 0 Å². The molecule has 2 heterocycles. The number of aryl methyl sites for hydroxylation is 2. The molecule has 0 fully saturated rings. The first kappa shape index (κ1) is 45.3. The summed E-state index contributed by atoms with van der Waals surface area (Å²) in [6, 6.07) is 1.42. The predicted molar refractivity (Wildman–Crippen MR) is 179 cm³/mol. The van der Waals surface area contributed by atoms with Gasteiger partial charge in [0, 0.05) is 13.1 Å². The number of hydrogen-bond acceptors (Lipinski definition) is 9. The average molecular weight is 867 g/mol. The number of nitrogens with two attached hydrogens (primary N) is 1. The van der Waals surface area contributed by atoms with Crippen LogP contribution >= 0.6 is 58.0 Å². The lowest BCUT2D eigenvalue weighted by Crippen LogP contribution is -2.19. The summed E-state index contributed by atoms with van der Waals surface area (Å²) in [5.74, 6) is -3.44. The third-order valence-electron chi connectivity index (χ3n) is 6.03. The number of halogens is 13. The van der Waals surface area contributed by atoms with Gasteiger partial charge in [-0.2, -0.15) is 41.5 Å². The highest BCUT2D eigenvalue weighted by atomic mass is 35.5. The highest BCUT2D eigenvalue weighted by molar-refractivity contribution is 6.69. The molecule has 0 atom stereocenters. The smallest absolute Gasteiger partial charge is 0.392 e. The van der Waals surface area contributed by atoms with Crippen LogP contribution in [0, 0.1) is 11.6 Å². The minimum atomic E-state index is -4.45. The Balaban J connectivity index is 0.000000313. The van der Waals surface area contributed by atoms with Crippen molar-refractivity contribution in [1.29, 1.82) is 0 Å². The summed E-state index contributed by atoms with van der Waals surface area (Å²) in [7, 11) is 0. The number of nitrogens with one attached hydrogen (secondary N) is 1. The van der Waals surface area contributed by atoms with E-state index in [1.165, 1.54) is 17.3 Å². The summed E-state index contributed by atoms with van der Waals surface area (Å²) in [6.07, 6.45) is -8.77. The zero-order valence-corrected chi connectivity index (χ0v) is 30.6. The number of nitrogens with zero attached hydrogens (tertiary/aromatic N) is 6. The molecule has 3 N–H and O–H groups in total. The summed E-state index contributed by atoms with van der Waals surface area (Å²) in [5.41, 5.74) is 4.01. The zero-order valence-electron chi connectivity index (χ0n) is 26.9. The maximum absolute atomic E-state index is 14.2. The Morgan fingerprint density at radius 1 is 0.774 bits per heavy atom. The molecule has 2 aromatic carbocycles. The van der Waals surface area contributed by atoms with Crippen molar-refractivity contribution in [3.8, 4) is 11.5 Å². The van der Waals surface area contributed by atoms with Crippen LogP contribution in [0.3, 0.4) is 0 Å². The molecule has 0 radical (unpaired) electrons. The molecule has 0 unspecified atom stereocenters. The number of aromatic nitrogens is 6. The molecule has 4 rings (SSSR count). The number of carbonyl (C=O) groups excluding carboxylic acids is 2. The van der Waals surface area contributed by atoms with Crippen LogP contribution in [-0.2, 0) is 13.1 Å². The minimum absolute atomic E-state index is 0.0439. The van der Waals surface area contributed by atoms with Gasteiger partial charge in [-0.05, 0) is 37.6 Å². The summed E-state index contributed by atoms with van der Waals surface area (Å²) >= 11 is 28.0. The number of carbonyl (C=O) groups is 2. The van der Waals surface area contributed by atoms with Gasteiger partial charge in [0.1, 0.15) is 24.3 Å². The molecule has 0 aliphatic heterocycles. The molecule has 0 aliphatic carbocycles. The van der Waals surface area contributed by atoms with E-state index in [9.17, 15) is 44.7 Å². The van der Waals surface area contributed by atoms with Gasteiger partial charge in [0.25, 0.3) is 11.1 Å². The molecule has 53 heavy (non-hydrogen) atoms. The van der Waals surface area contributed by atoms with Gasteiger partial charge in [-0.25, -0.2) is 23.1 Å². The van der Waals surface area contributed by atoms with Crippen LogP contribution in [0.15, 0.2) is 24.8 Å². The molecular weight excluding hydrogens is 842 g/mol. The topological polar surface area (TPSA) is 152 Å². The second kappa shape index (κ2) is 20.0. The summed E-state index contributed by atoms with van der Waals surface area (Å²) in [5, 5.41) is 6.93. The highest BCUT2D eigenvalue weighted by Gasteiger charge is 2.30. The van der Waals surface area contributed by atoms with E-state index in [-0.39, 0.29) is 16.0 Å². The Morgan fingerprint density at radius 2 is 1.21 bits per heavy atom. The number of rotatable bonds is 11. The molecule has 0 aliphatic rings. The normalized spacial score (nSPS) is 11.2. The van der Waals surface area contributed by atoms with Crippen molar-refractivity contribution in [2.45, 2.75) is 52.1 Å². The van der Waals surface area contributed by atoms with Crippen LogP contribution < -0.4 is 20.5 Å². The number of amides is 1. The van der Waals surface area contributed by atoms with Crippen molar-refractivity contribution >= 4 is 81.1 Å². The van der Waals surface area contributed by atoms with Crippen molar-refractivity contribution in [1.82, 2.24) is 29.5 Å². The maximum Gasteiger partial charge on any atom is 0.392 e. The summed E-state index contributed by atoms with van der Waals surface area (Å²) < 4.78 is 113. The van der Waals surface area contributed by atoms with Crippen LogP contribution in [-0.4, -0.2) is 66.2 Å². The lowest BCUT2D eigenvalue weighted by Gasteiger charge is -2.14. The third-order valence-corrected chi connectivity index (χ3v) is 7.50. The standard InChI is InChI=1S/C14H12Cl2F4N4O2.C10H5Cl3F4O2.C4H8N4/c1-2-24-13(21-6-22-24)23-12(25)9-8(17)5-7(15)11(10(9)16)26-4-3-14(18,19)20;11-4-3-5(14)6(9(13)18)7(12)8(4)19-2-1-10(15,16)17;1-2-8-4(5)6-3-7-8/h5-6H,2-4H2,1H3,(H,21,22,23,25);3H,1-2H2;3H,2H2,1H3,(H2,5,6,7). The van der Waals surface area contributed by atoms with E-state index in [2.05, 4.69) is 25.5 Å². The van der Waals surface area contributed by atoms with Crippen LogP contribution in [0.5, 0.6) is 11.5 Å². The van der Waals surface area contributed by atoms with Gasteiger partial charge >= 0.3 is 12.4 Å². The number of alkyl halides is 6. The molecule has 4 aromatic rings. The Hall–Kier alpha value is -3.85. The van der Waals surface area contributed by atoms with E-state index < -0.39 is 93.9 Å². The fourth-order valence-electron chi connectivity index (χ4n) is 3.61. The Bertz CT molecular complexity index is 1880. The van der Waals surface area contributed by atoms with E-state index in [0.717, 1.165) is 12.6 Å². The van der Waals surface area contributed by atoms with Gasteiger partial charge in [-0.15, -0.1) is 0 Å². The second-order valence-corrected chi connectivity index (χ2v) is 11.6. The zero-order chi connectivity index (χ0) is 40.3. The molecule has 0 saturated carbocycles. The summed E-state index contributed by atoms with van der Waals surface area (Å²) in [6.45, 7) is 3.31. The van der Waals surface area contributed by atoms with Gasteiger partial charge in [-0.1, -0.05) is 46.4 Å². The fourth-order valence-corrected chi connectivity index (χ4v) is 5.09. The molecule has 2 aromatic heterocycles. The number of ether oxygens (including phenoxy) is 2. The summed E-state index contributed by atoms with van der Waals surface area (Å²) in [4.78, 5) is 30.8. The van der Waals surface area contributed by atoms with Crippen LogP contribution in [0.25, 0.3) is 0 Å². The second-order valence-electron chi connectivity index (χ2n) is 9.71. The van der Waals surface area contributed by atoms with Gasteiger partial charge in [0.15, 0.2) is 11.5 Å². The van der Waals surface area contributed by atoms with Crippen molar-refractivity contribution in [2.24, 2.45) is 0 Å². The molecule has 0 bridgehead atoms. The maximum atomic E-state index is 14.2. The van der Waals surface area contributed by atoms with Crippen LogP contribution in [0.2, 0.25) is 20.1 Å². The van der Waals surface area contributed by atoms with E-state index in [1.54, 1.807) is 11.6 Å². The largest absolute Gasteiger partial charge is 0.490 e. The van der Waals surface area contributed by atoms with Crippen molar-refractivity contribution in [3.05, 3.63) is 67.6 Å². The minimum Gasteiger partial charge on any atom is -0.490 e. The quantitative estimate of drug-likeness (QED) is 0.111. The Labute approximate surface area is 319 Å². The van der Waals surface area contributed by atoms with Gasteiger partial charge < -0.3 is 15.2 Å². The molecule has 12 nitrogen and oxygen atoms in total. The first-order valence-corrected chi connectivity index (χ1v) is 16.3. The molecule has 25 heteroatoms. The molecule has 1 amide bonds. The predicted octanol–water partition coefficient (Wildman–Crippen LogP) is 9.05. The van der Waals surface area contributed by atoms with Crippen molar-refractivity contribution in [2.75, 3.05) is 24.3 Å². The first-order valence-electron chi connectivity index (χ1n) is 14.4. The van der Waals surface area contributed by atoms with Crippen LogP contribution in [0.4, 0.5) is 47.0 Å². The van der Waals surface area contributed by atoms with Gasteiger partial charge in [0.2, 0.25) is 11.9 Å². The number of nitrogen functional groups attached to an aromatic ring is 1. The SMILES string of the molecule is CCn1ncnc1N.CCn1ncnc1NC(=O)c1c(F)cc(Cl)c(OCCC(F)(F)F)c1Cl.O=C(Cl)c1c(F)cc(Cl)c(OCCC(F)(F)F)c1Cl. The Kier molecular flexibility index (Phi) is 17.1. The molecule has 0 spiro atoms. The number of anilines is 2. The fraction of sp³-hybridized carbons (Fsp3) is 0.357.